The van der Waals surface area contributed by atoms with Gasteiger partial charge in [-0.25, -0.2) is 0 Å². The zero-order valence-electron chi connectivity index (χ0n) is 14.4. The number of ether oxygens (including phenoxy) is 1. The Balaban J connectivity index is 1.54. The summed E-state index contributed by atoms with van der Waals surface area (Å²) in [6, 6.07) is 7.34. The number of carbonyl (C=O) groups excluding carboxylic acids is 1. The van der Waals surface area contributed by atoms with E-state index in [2.05, 4.69) is 21.2 Å². The molecule has 132 valence electrons. The van der Waals surface area contributed by atoms with Crippen LogP contribution in [0.3, 0.4) is 0 Å². The highest BCUT2D eigenvalue weighted by Crippen LogP contribution is 2.30. The molecule has 3 rings (SSSR count). The Morgan fingerprint density at radius 2 is 2.08 bits per heavy atom. The summed E-state index contributed by atoms with van der Waals surface area (Å²) in [6.07, 6.45) is 2.82. The zero-order valence-corrected chi connectivity index (χ0v) is 14.4. The van der Waals surface area contributed by atoms with Gasteiger partial charge in [0, 0.05) is 51.2 Å². The van der Waals surface area contributed by atoms with Crippen molar-refractivity contribution in [2.45, 2.75) is 18.9 Å². The van der Waals surface area contributed by atoms with Gasteiger partial charge in [0.2, 0.25) is 5.91 Å². The minimum atomic E-state index is -0.648. The van der Waals surface area contributed by atoms with Crippen molar-refractivity contribution < 1.29 is 9.53 Å². The molecule has 24 heavy (non-hydrogen) atoms. The van der Waals surface area contributed by atoms with Crippen molar-refractivity contribution in [1.29, 1.82) is 0 Å². The summed E-state index contributed by atoms with van der Waals surface area (Å²) >= 11 is 0. The topological polar surface area (TPSA) is 70.8 Å². The maximum Gasteiger partial charge on any atom is 0.243 e. The zero-order chi connectivity index (χ0) is 16.9. The minimum Gasteiger partial charge on any atom is -0.383 e. The summed E-state index contributed by atoms with van der Waals surface area (Å²) in [7, 11) is 1.54. The molecule has 1 aliphatic carbocycles. The largest absolute Gasteiger partial charge is 0.383 e. The molecule has 1 saturated carbocycles. The Hall–Kier alpha value is -1.63. The monoisotopic (exact) mass is 332 g/mol. The van der Waals surface area contributed by atoms with Crippen molar-refractivity contribution in [2.24, 2.45) is 11.7 Å². The second-order valence-corrected chi connectivity index (χ2v) is 6.83. The van der Waals surface area contributed by atoms with Crippen LogP contribution < -0.4 is 16.0 Å². The number of rotatable bonds is 7. The molecule has 1 heterocycles. The number of methoxy groups -OCH3 is 1. The van der Waals surface area contributed by atoms with E-state index in [-0.39, 0.29) is 12.5 Å². The molecule has 6 nitrogen and oxygen atoms in total. The van der Waals surface area contributed by atoms with Crippen molar-refractivity contribution in [3.8, 4) is 0 Å². The van der Waals surface area contributed by atoms with Crippen LogP contribution in [0, 0.1) is 5.92 Å². The fraction of sp³-hybridized carbons (Fsp3) is 0.611. The van der Waals surface area contributed by atoms with Crippen molar-refractivity contribution in [1.82, 2.24) is 4.90 Å². The summed E-state index contributed by atoms with van der Waals surface area (Å²) in [6.45, 7) is 5.79. The molecule has 1 amide bonds. The Bertz CT molecular complexity index is 554. The number of nitrogens with two attached hydrogens (primary N) is 1. The molecule has 0 aromatic heterocycles. The molecule has 3 N–H and O–H groups in total. The molecule has 2 fully saturated rings. The van der Waals surface area contributed by atoms with E-state index < -0.39 is 6.04 Å². The molecule has 0 spiro atoms. The quantitative estimate of drug-likeness (QED) is 0.783. The van der Waals surface area contributed by atoms with Crippen molar-refractivity contribution in [3.05, 3.63) is 24.3 Å². The van der Waals surface area contributed by atoms with Crippen molar-refractivity contribution >= 4 is 17.3 Å². The molecule has 1 aromatic carbocycles. The maximum absolute atomic E-state index is 12.0. The number of piperazine rings is 1. The van der Waals surface area contributed by atoms with Gasteiger partial charge in [-0.3, -0.25) is 9.69 Å². The first kappa shape index (κ1) is 17.2. The highest BCUT2D eigenvalue weighted by molar-refractivity contribution is 5.95. The fourth-order valence-corrected chi connectivity index (χ4v) is 3.12. The second kappa shape index (κ2) is 7.96. The van der Waals surface area contributed by atoms with Gasteiger partial charge in [0.25, 0.3) is 0 Å². The summed E-state index contributed by atoms with van der Waals surface area (Å²) in [5.41, 5.74) is 7.70. The fourth-order valence-electron chi connectivity index (χ4n) is 3.12. The molecule has 1 saturated heterocycles. The van der Waals surface area contributed by atoms with Crippen LogP contribution in [-0.4, -0.2) is 63.3 Å². The molecular weight excluding hydrogens is 304 g/mol. The Labute approximate surface area is 143 Å². The van der Waals surface area contributed by atoms with Crippen LogP contribution in [0.1, 0.15) is 12.8 Å². The lowest BCUT2D eigenvalue weighted by Gasteiger charge is -2.36. The predicted octanol–water partition coefficient (Wildman–Crippen LogP) is 1.13. The van der Waals surface area contributed by atoms with Crippen molar-refractivity contribution in [2.75, 3.05) is 56.7 Å². The lowest BCUT2D eigenvalue weighted by Crippen LogP contribution is -2.47. The van der Waals surface area contributed by atoms with E-state index in [0.717, 1.165) is 43.5 Å². The molecule has 1 aromatic rings. The van der Waals surface area contributed by atoms with E-state index in [1.54, 1.807) is 0 Å². The van der Waals surface area contributed by atoms with Gasteiger partial charge in [0.05, 0.1) is 6.61 Å². The number of nitrogens with one attached hydrogen (secondary N) is 1. The molecule has 1 unspecified atom stereocenters. The molecule has 0 bridgehead atoms. The highest BCUT2D eigenvalue weighted by atomic mass is 16.5. The number of amides is 1. The maximum atomic E-state index is 12.0. The van der Waals surface area contributed by atoms with Gasteiger partial charge in [0.15, 0.2) is 0 Å². The highest BCUT2D eigenvalue weighted by Gasteiger charge is 2.26. The minimum absolute atomic E-state index is 0.217. The normalized spacial score (nSPS) is 20.0. The van der Waals surface area contributed by atoms with E-state index in [0.29, 0.717) is 0 Å². The van der Waals surface area contributed by atoms with Crippen LogP contribution in [0.5, 0.6) is 0 Å². The summed E-state index contributed by atoms with van der Waals surface area (Å²) in [5, 5.41) is 2.87. The number of nitrogens with zero attached hydrogens (tertiary/aromatic N) is 2. The average Bonchev–Trinajstić information content (AvgIpc) is 3.40. The first-order chi connectivity index (χ1) is 11.7. The van der Waals surface area contributed by atoms with E-state index in [4.69, 9.17) is 10.5 Å². The molecule has 2 aliphatic rings. The lowest BCUT2D eigenvalue weighted by molar-refractivity contribution is -0.118. The van der Waals surface area contributed by atoms with Gasteiger partial charge >= 0.3 is 0 Å². The predicted molar refractivity (Wildman–Crippen MR) is 96.3 cm³/mol. The third-order valence-corrected chi connectivity index (χ3v) is 4.75. The van der Waals surface area contributed by atoms with Gasteiger partial charge in [-0.1, -0.05) is 6.07 Å². The summed E-state index contributed by atoms with van der Waals surface area (Å²) in [5.74, 6) is 0.731. The van der Waals surface area contributed by atoms with Gasteiger partial charge in [-0.05, 0) is 37.0 Å². The van der Waals surface area contributed by atoms with Crippen LogP contribution in [0.15, 0.2) is 24.3 Å². The summed E-state index contributed by atoms with van der Waals surface area (Å²) in [4.78, 5) is 17.0. The van der Waals surface area contributed by atoms with E-state index in [1.807, 2.05) is 18.2 Å². The lowest BCUT2D eigenvalue weighted by atomic mass is 10.2. The third kappa shape index (κ3) is 4.69. The van der Waals surface area contributed by atoms with Gasteiger partial charge < -0.3 is 20.7 Å². The van der Waals surface area contributed by atoms with Gasteiger partial charge in [-0.2, -0.15) is 0 Å². The number of hydrogen-bond acceptors (Lipinski definition) is 5. The first-order valence-corrected chi connectivity index (χ1v) is 8.78. The van der Waals surface area contributed by atoms with E-state index in [1.165, 1.54) is 26.5 Å². The Kier molecular flexibility index (Phi) is 5.71. The van der Waals surface area contributed by atoms with E-state index >= 15 is 0 Å². The third-order valence-electron chi connectivity index (χ3n) is 4.75. The standard InChI is InChI=1S/C18H28N4O2/c1-24-13-17(19)18(23)20-15-3-2-4-16(11-15)22-9-7-21(8-10-22)12-14-5-6-14/h2-4,11,14,17H,5-10,12-13,19H2,1H3,(H,20,23). The summed E-state index contributed by atoms with van der Waals surface area (Å²) < 4.78 is 4.92. The molecule has 0 radical (unpaired) electrons. The Morgan fingerprint density at radius 1 is 1.33 bits per heavy atom. The number of hydrogen-bond donors (Lipinski definition) is 2. The van der Waals surface area contributed by atoms with Crippen LogP contribution in [-0.2, 0) is 9.53 Å². The number of carbonyl (C=O) groups is 1. The number of benzene rings is 1. The van der Waals surface area contributed by atoms with Crippen LogP contribution in [0.25, 0.3) is 0 Å². The smallest absolute Gasteiger partial charge is 0.243 e. The van der Waals surface area contributed by atoms with Gasteiger partial charge in [-0.15, -0.1) is 0 Å². The molecule has 1 atom stereocenters. The van der Waals surface area contributed by atoms with Gasteiger partial charge in [0.1, 0.15) is 6.04 Å². The van der Waals surface area contributed by atoms with Crippen LogP contribution in [0.4, 0.5) is 11.4 Å². The number of anilines is 2. The molecule has 6 heteroatoms. The Morgan fingerprint density at radius 3 is 2.75 bits per heavy atom. The molecular formula is C18H28N4O2. The van der Waals surface area contributed by atoms with Crippen LogP contribution >= 0.6 is 0 Å². The van der Waals surface area contributed by atoms with Crippen molar-refractivity contribution in [3.63, 3.8) is 0 Å². The molecule has 1 aliphatic heterocycles. The average molecular weight is 332 g/mol. The SMILES string of the molecule is COCC(N)C(=O)Nc1cccc(N2CCN(CC3CC3)CC2)c1. The van der Waals surface area contributed by atoms with Crippen LogP contribution in [0.2, 0.25) is 0 Å². The second-order valence-electron chi connectivity index (χ2n) is 6.83. The first-order valence-electron chi connectivity index (χ1n) is 8.78. The van der Waals surface area contributed by atoms with E-state index in [9.17, 15) is 4.79 Å².